The molecule has 1 N–H and O–H groups in total. The van der Waals surface area contributed by atoms with Gasteiger partial charge >= 0.3 is 0 Å². The Bertz CT molecular complexity index is 408. The molecule has 0 saturated heterocycles. The fraction of sp³-hybridized carbons (Fsp3) is 0.917. The minimum Gasteiger partial charge on any atom is -0.389 e. The third-order valence-corrected chi connectivity index (χ3v) is 3.96. The number of hydrogen-bond acceptors (Lipinski definition) is 5. The van der Waals surface area contributed by atoms with Crippen LogP contribution < -0.4 is 0 Å². The normalized spacial score (nSPS) is 22.8. The average molecular weight is 251 g/mol. The van der Waals surface area contributed by atoms with Gasteiger partial charge in [-0.3, -0.25) is 4.90 Å². The van der Waals surface area contributed by atoms with E-state index in [0.717, 1.165) is 31.5 Å². The molecule has 0 aliphatic heterocycles. The van der Waals surface area contributed by atoms with Gasteiger partial charge in [0.25, 0.3) is 0 Å². The van der Waals surface area contributed by atoms with Crippen LogP contribution in [0.15, 0.2) is 0 Å². The van der Waals surface area contributed by atoms with Gasteiger partial charge in [0.2, 0.25) is 0 Å². The molecular weight excluding hydrogens is 230 g/mol. The number of likely N-dealkylation sites (N-methyl/N-ethyl adjacent to an activating group) is 1. The molecule has 2 saturated carbocycles. The van der Waals surface area contributed by atoms with Crippen molar-refractivity contribution < 1.29 is 5.11 Å². The largest absolute Gasteiger partial charge is 0.389 e. The maximum atomic E-state index is 10.4. The van der Waals surface area contributed by atoms with Crippen LogP contribution in [0, 0.1) is 0 Å². The van der Waals surface area contributed by atoms with E-state index >= 15 is 0 Å². The van der Waals surface area contributed by atoms with E-state index in [9.17, 15) is 5.11 Å². The predicted octanol–water partition coefficient (Wildman–Crippen LogP) is 0.745. The summed E-state index contributed by atoms with van der Waals surface area (Å²) in [6, 6.07) is 0.512. The van der Waals surface area contributed by atoms with Gasteiger partial charge in [0.15, 0.2) is 5.82 Å². The van der Waals surface area contributed by atoms with E-state index in [1.54, 1.807) is 0 Å². The average Bonchev–Trinajstić information content (AvgIpc) is 2.92. The van der Waals surface area contributed by atoms with E-state index in [1.807, 2.05) is 11.7 Å². The summed E-state index contributed by atoms with van der Waals surface area (Å²) in [5, 5.41) is 22.3. The zero-order chi connectivity index (χ0) is 12.6. The van der Waals surface area contributed by atoms with Crippen molar-refractivity contribution in [2.75, 3.05) is 13.6 Å². The lowest BCUT2D eigenvalue weighted by Crippen LogP contribution is -2.39. The molecule has 0 atom stereocenters. The van der Waals surface area contributed by atoms with Crippen molar-refractivity contribution in [2.45, 2.75) is 56.7 Å². The van der Waals surface area contributed by atoms with Crippen LogP contribution in [-0.4, -0.2) is 49.4 Å². The second kappa shape index (κ2) is 4.59. The summed E-state index contributed by atoms with van der Waals surface area (Å²) in [5.41, 5.74) is -0.493. The summed E-state index contributed by atoms with van der Waals surface area (Å²) in [7, 11) is 2.03. The van der Waals surface area contributed by atoms with E-state index in [0.29, 0.717) is 19.1 Å². The van der Waals surface area contributed by atoms with Crippen molar-refractivity contribution in [3.8, 4) is 0 Å². The first-order chi connectivity index (χ1) is 8.66. The number of hydrogen-bond donors (Lipinski definition) is 1. The molecular formula is C12H21N5O. The fourth-order valence-corrected chi connectivity index (χ4v) is 2.91. The monoisotopic (exact) mass is 251 g/mol. The van der Waals surface area contributed by atoms with Crippen molar-refractivity contribution in [2.24, 2.45) is 0 Å². The number of tetrazole rings is 1. The molecule has 2 fully saturated rings. The van der Waals surface area contributed by atoms with E-state index in [-0.39, 0.29) is 0 Å². The van der Waals surface area contributed by atoms with Gasteiger partial charge in [-0.2, -0.15) is 0 Å². The van der Waals surface area contributed by atoms with Crippen molar-refractivity contribution >= 4 is 0 Å². The molecule has 6 heteroatoms. The molecule has 0 bridgehead atoms. The van der Waals surface area contributed by atoms with E-state index in [2.05, 4.69) is 20.4 Å². The molecule has 18 heavy (non-hydrogen) atoms. The fourth-order valence-electron chi connectivity index (χ4n) is 2.91. The summed E-state index contributed by atoms with van der Waals surface area (Å²) in [6.07, 6.45) is 6.50. The number of nitrogens with zero attached hydrogens (tertiary/aromatic N) is 5. The van der Waals surface area contributed by atoms with Crippen LogP contribution in [-0.2, 0) is 6.54 Å². The van der Waals surface area contributed by atoms with Crippen LogP contribution in [0.25, 0.3) is 0 Å². The Kier molecular flexibility index (Phi) is 3.07. The highest BCUT2D eigenvalue weighted by molar-refractivity contribution is 4.92. The van der Waals surface area contributed by atoms with Gasteiger partial charge in [-0.15, -0.1) is 5.10 Å². The summed E-state index contributed by atoms with van der Waals surface area (Å²) in [6.45, 7) is 1.43. The van der Waals surface area contributed by atoms with Crippen LogP contribution >= 0.6 is 0 Å². The highest BCUT2D eigenvalue weighted by atomic mass is 16.3. The van der Waals surface area contributed by atoms with Crippen LogP contribution in [0.1, 0.15) is 50.4 Å². The molecule has 0 spiro atoms. The van der Waals surface area contributed by atoms with Crippen LogP contribution in [0.3, 0.4) is 0 Å². The Hall–Kier alpha value is -1.01. The van der Waals surface area contributed by atoms with Crippen LogP contribution in [0.2, 0.25) is 0 Å². The molecule has 0 amide bonds. The molecule has 6 nitrogen and oxygen atoms in total. The Morgan fingerprint density at radius 2 is 2.11 bits per heavy atom. The van der Waals surface area contributed by atoms with Crippen LogP contribution in [0.5, 0.6) is 0 Å². The second-order valence-electron chi connectivity index (χ2n) is 5.87. The lowest BCUT2D eigenvalue weighted by molar-refractivity contribution is 0.0136. The first kappa shape index (κ1) is 12.0. The van der Waals surface area contributed by atoms with E-state index in [1.165, 1.54) is 12.8 Å². The quantitative estimate of drug-likeness (QED) is 0.836. The Morgan fingerprint density at radius 1 is 1.39 bits per heavy atom. The highest BCUT2D eigenvalue weighted by Crippen LogP contribution is 2.35. The standard InChI is InChI=1S/C12H21N5O/c1-16(9-12(18)6-2-3-7-12)8-11-13-14-15-17(11)10-4-5-10/h10,18H,2-9H2,1H3. The maximum absolute atomic E-state index is 10.4. The number of rotatable bonds is 5. The molecule has 100 valence electrons. The third-order valence-electron chi connectivity index (χ3n) is 3.96. The van der Waals surface area contributed by atoms with E-state index in [4.69, 9.17) is 0 Å². The molecule has 0 unspecified atom stereocenters. The van der Waals surface area contributed by atoms with Crippen molar-refractivity contribution in [3.63, 3.8) is 0 Å². The molecule has 1 aromatic rings. The van der Waals surface area contributed by atoms with Gasteiger partial charge in [-0.25, -0.2) is 4.68 Å². The molecule has 0 aromatic carbocycles. The lowest BCUT2D eigenvalue weighted by Gasteiger charge is -2.28. The molecule has 0 radical (unpaired) electrons. The van der Waals surface area contributed by atoms with Gasteiger partial charge in [0, 0.05) is 6.54 Å². The Balaban J connectivity index is 1.59. The topological polar surface area (TPSA) is 67.1 Å². The number of aromatic nitrogens is 4. The minimum atomic E-state index is -0.493. The zero-order valence-corrected chi connectivity index (χ0v) is 10.9. The second-order valence-corrected chi connectivity index (χ2v) is 5.87. The molecule has 2 aliphatic carbocycles. The highest BCUT2D eigenvalue weighted by Gasteiger charge is 2.33. The van der Waals surface area contributed by atoms with Gasteiger partial charge in [-0.05, 0) is 43.2 Å². The smallest absolute Gasteiger partial charge is 0.165 e. The van der Waals surface area contributed by atoms with E-state index < -0.39 is 5.60 Å². The van der Waals surface area contributed by atoms with Crippen LogP contribution in [0.4, 0.5) is 0 Å². The third kappa shape index (κ3) is 2.54. The molecule has 1 aromatic heterocycles. The first-order valence-electron chi connectivity index (χ1n) is 6.84. The summed E-state index contributed by atoms with van der Waals surface area (Å²) < 4.78 is 1.94. The molecule has 3 rings (SSSR count). The SMILES string of the molecule is CN(Cc1nnnn1C1CC1)CC1(O)CCCC1. The predicted molar refractivity (Wildman–Crippen MR) is 65.8 cm³/mol. The van der Waals surface area contributed by atoms with Gasteiger partial charge in [-0.1, -0.05) is 12.8 Å². The molecule has 2 aliphatic rings. The maximum Gasteiger partial charge on any atom is 0.165 e. The Labute approximate surface area is 107 Å². The van der Waals surface area contributed by atoms with Gasteiger partial charge in [0.1, 0.15) is 0 Å². The zero-order valence-electron chi connectivity index (χ0n) is 10.9. The van der Waals surface area contributed by atoms with Crippen molar-refractivity contribution in [1.82, 2.24) is 25.1 Å². The number of aliphatic hydroxyl groups is 1. The summed E-state index contributed by atoms with van der Waals surface area (Å²) in [5.74, 6) is 0.918. The Morgan fingerprint density at radius 3 is 2.78 bits per heavy atom. The summed E-state index contributed by atoms with van der Waals surface area (Å²) >= 11 is 0. The molecule has 1 heterocycles. The first-order valence-corrected chi connectivity index (χ1v) is 6.84. The van der Waals surface area contributed by atoms with Gasteiger partial charge in [0.05, 0.1) is 18.2 Å². The van der Waals surface area contributed by atoms with Crippen molar-refractivity contribution in [3.05, 3.63) is 5.82 Å². The van der Waals surface area contributed by atoms with Crippen molar-refractivity contribution in [1.29, 1.82) is 0 Å². The minimum absolute atomic E-state index is 0.493. The summed E-state index contributed by atoms with van der Waals surface area (Å²) in [4.78, 5) is 2.13. The van der Waals surface area contributed by atoms with Gasteiger partial charge < -0.3 is 5.11 Å². The lowest BCUT2D eigenvalue weighted by atomic mass is 10.0.